The third-order valence-corrected chi connectivity index (χ3v) is 1.64. The van der Waals surface area contributed by atoms with E-state index in [1.165, 1.54) is 0 Å². The summed E-state index contributed by atoms with van der Waals surface area (Å²) in [4.78, 5) is 11.7. The normalized spacial score (nSPS) is 15.6. The summed E-state index contributed by atoms with van der Waals surface area (Å²) in [5, 5.41) is 0. The summed E-state index contributed by atoms with van der Waals surface area (Å²) in [5.41, 5.74) is -0.564. The largest absolute Gasteiger partial charge is 0.365 e. The van der Waals surface area contributed by atoms with Crippen molar-refractivity contribution in [2.75, 3.05) is 0 Å². The molecule has 0 N–H and O–H groups in total. The zero-order chi connectivity index (χ0) is 10.9. The van der Waals surface area contributed by atoms with E-state index >= 15 is 0 Å². The van der Waals surface area contributed by atoms with Crippen LogP contribution in [0.5, 0.6) is 0 Å². The molecule has 0 aliphatic carbocycles. The molecule has 0 bridgehead atoms. The number of hydrogen-bond donors (Lipinski definition) is 0. The Kier molecular flexibility index (Phi) is 3.68. The van der Waals surface area contributed by atoms with Crippen molar-refractivity contribution in [3.63, 3.8) is 0 Å². The Hall–Kier alpha value is -0.370. The van der Waals surface area contributed by atoms with Gasteiger partial charge in [0, 0.05) is 5.41 Å². The molecule has 0 fully saturated rings. The minimum absolute atomic E-state index is 0.155. The first kappa shape index (κ1) is 12.6. The van der Waals surface area contributed by atoms with Gasteiger partial charge in [0.05, 0.1) is 5.60 Å². The third kappa shape index (κ3) is 5.04. The molecule has 2 nitrogen and oxygen atoms in total. The second kappa shape index (κ2) is 3.79. The smallest absolute Gasteiger partial charge is 0.166 e. The lowest BCUT2D eigenvalue weighted by Gasteiger charge is -2.28. The second-order valence-corrected chi connectivity index (χ2v) is 5.49. The van der Waals surface area contributed by atoms with Gasteiger partial charge in [-0.1, -0.05) is 20.8 Å². The fraction of sp³-hybridized carbons (Fsp3) is 0.909. The Morgan fingerprint density at radius 2 is 1.46 bits per heavy atom. The third-order valence-electron chi connectivity index (χ3n) is 1.64. The van der Waals surface area contributed by atoms with Gasteiger partial charge in [-0.25, -0.2) is 0 Å². The van der Waals surface area contributed by atoms with Crippen LogP contribution >= 0.6 is 0 Å². The molecule has 0 spiro atoms. The molecule has 13 heavy (non-hydrogen) atoms. The van der Waals surface area contributed by atoms with E-state index in [1.807, 2.05) is 48.5 Å². The van der Waals surface area contributed by atoms with Crippen LogP contribution in [0.4, 0.5) is 0 Å². The molecule has 0 aromatic rings. The lowest BCUT2D eigenvalue weighted by molar-refractivity contribution is -0.145. The van der Waals surface area contributed by atoms with Crippen molar-refractivity contribution in [1.82, 2.24) is 0 Å². The Balaban J connectivity index is 4.30. The van der Waals surface area contributed by atoms with E-state index in [1.54, 1.807) is 0 Å². The van der Waals surface area contributed by atoms with Crippen LogP contribution in [0.15, 0.2) is 0 Å². The molecule has 0 rings (SSSR count). The zero-order valence-electron chi connectivity index (χ0n) is 9.89. The van der Waals surface area contributed by atoms with E-state index in [2.05, 4.69) is 0 Å². The summed E-state index contributed by atoms with van der Waals surface area (Å²) in [6.45, 7) is 13.4. The van der Waals surface area contributed by atoms with Gasteiger partial charge in [0.25, 0.3) is 0 Å². The van der Waals surface area contributed by atoms with Crippen LogP contribution < -0.4 is 0 Å². The monoisotopic (exact) mass is 186 g/mol. The molecule has 0 heterocycles. The zero-order valence-corrected chi connectivity index (χ0v) is 9.89. The molecular formula is C11H22O2. The van der Waals surface area contributed by atoms with E-state index in [4.69, 9.17) is 4.74 Å². The van der Waals surface area contributed by atoms with Crippen LogP contribution in [0.1, 0.15) is 48.5 Å². The summed E-state index contributed by atoms with van der Waals surface area (Å²) in [7, 11) is 0. The predicted octanol–water partition coefficient (Wildman–Crippen LogP) is 2.81. The molecule has 0 amide bonds. The molecular weight excluding hydrogens is 164 g/mol. The molecule has 0 unspecified atom stereocenters. The van der Waals surface area contributed by atoms with E-state index in [-0.39, 0.29) is 22.9 Å². The Morgan fingerprint density at radius 1 is 1.08 bits per heavy atom. The summed E-state index contributed by atoms with van der Waals surface area (Å²) >= 11 is 0. The molecule has 78 valence electrons. The van der Waals surface area contributed by atoms with Crippen LogP contribution in [0.2, 0.25) is 0 Å². The molecule has 0 aliphatic heterocycles. The average molecular weight is 186 g/mol. The summed E-state index contributed by atoms with van der Waals surface area (Å²) in [6.07, 6.45) is -0.319. The maximum Gasteiger partial charge on any atom is 0.166 e. The lowest BCUT2D eigenvalue weighted by Crippen LogP contribution is -2.37. The number of hydrogen-bond acceptors (Lipinski definition) is 2. The Morgan fingerprint density at radius 3 is 1.69 bits per heavy atom. The molecule has 0 aromatic carbocycles. The minimum atomic E-state index is -0.319. The first-order chi connectivity index (χ1) is 5.54. The van der Waals surface area contributed by atoms with Crippen molar-refractivity contribution in [3.8, 4) is 0 Å². The molecule has 2 heteroatoms. The Labute approximate surface area is 81.7 Å². The average Bonchev–Trinajstić information content (AvgIpc) is 1.79. The van der Waals surface area contributed by atoms with Gasteiger partial charge in [-0.2, -0.15) is 0 Å². The van der Waals surface area contributed by atoms with Gasteiger partial charge in [0.2, 0.25) is 0 Å². The molecule has 0 saturated carbocycles. The van der Waals surface area contributed by atoms with Crippen molar-refractivity contribution >= 4 is 5.78 Å². The topological polar surface area (TPSA) is 26.3 Å². The van der Waals surface area contributed by atoms with Gasteiger partial charge >= 0.3 is 0 Å². The van der Waals surface area contributed by atoms with E-state index in [9.17, 15) is 4.79 Å². The highest BCUT2D eigenvalue weighted by atomic mass is 16.5. The fourth-order valence-corrected chi connectivity index (χ4v) is 1.19. The number of rotatable bonds is 2. The fourth-order valence-electron chi connectivity index (χ4n) is 1.19. The Bertz CT molecular complexity index is 181. The summed E-state index contributed by atoms with van der Waals surface area (Å²) in [5.74, 6) is 0.155. The summed E-state index contributed by atoms with van der Waals surface area (Å²) < 4.78 is 5.58. The highest BCUT2D eigenvalue weighted by Crippen LogP contribution is 2.21. The number of Topliss-reactive ketones (excluding diaryl/α,β-unsaturated/α-hetero) is 1. The van der Waals surface area contributed by atoms with Gasteiger partial charge in [-0.15, -0.1) is 0 Å². The van der Waals surface area contributed by atoms with Crippen LogP contribution in [0.25, 0.3) is 0 Å². The molecule has 0 radical (unpaired) electrons. The van der Waals surface area contributed by atoms with Gasteiger partial charge in [-0.3, -0.25) is 4.79 Å². The van der Waals surface area contributed by atoms with Crippen molar-refractivity contribution in [3.05, 3.63) is 0 Å². The van der Waals surface area contributed by atoms with Gasteiger partial charge in [-0.05, 0) is 27.7 Å². The van der Waals surface area contributed by atoms with Crippen LogP contribution in [-0.4, -0.2) is 17.5 Å². The number of carbonyl (C=O) groups is 1. The van der Waals surface area contributed by atoms with Gasteiger partial charge in [0.1, 0.15) is 6.10 Å². The van der Waals surface area contributed by atoms with E-state index in [0.29, 0.717) is 0 Å². The van der Waals surface area contributed by atoms with E-state index in [0.717, 1.165) is 0 Å². The first-order valence-corrected chi connectivity index (χ1v) is 4.76. The molecule has 1 atom stereocenters. The molecule has 0 saturated heterocycles. The second-order valence-electron chi connectivity index (χ2n) is 5.49. The van der Waals surface area contributed by atoms with Gasteiger partial charge < -0.3 is 4.74 Å². The highest BCUT2D eigenvalue weighted by molar-refractivity contribution is 5.87. The molecule has 0 aromatic heterocycles. The van der Waals surface area contributed by atoms with Crippen molar-refractivity contribution in [2.45, 2.75) is 60.2 Å². The van der Waals surface area contributed by atoms with Gasteiger partial charge in [0.15, 0.2) is 5.78 Å². The maximum absolute atomic E-state index is 11.7. The van der Waals surface area contributed by atoms with E-state index < -0.39 is 0 Å². The van der Waals surface area contributed by atoms with Crippen molar-refractivity contribution < 1.29 is 9.53 Å². The molecule has 0 aliphatic rings. The first-order valence-electron chi connectivity index (χ1n) is 4.76. The van der Waals surface area contributed by atoms with Crippen LogP contribution in [0.3, 0.4) is 0 Å². The number of ketones is 1. The van der Waals surface area contributed by atoms with Crippen LogP contribution in [-0.2, 0) is 9.53 Å². The van der Waals surface area contributed by atoms with Crippen molar-refractivity contribution in [2.24, 2.45) is 5.41 Å². The predicted molar refractivity (Wildman–Crippen MR) is 54.8 cm³/mol. The highest BCUT2D eigenvalue weighted by Gasteiger charge is 2.29. The quantitative estimate of drug-likeness (QED) is 0.663. The number of carbonyl (C=O) groups excluding carboxylic acids is 1. The lowest BCUT2D eigenvalue weighted by atomic mass is 9.88. The minimum Gasteiger partial charge on any atom is -0.365 e. The SMILES string of the molecule is C[C@H](OC(C)(C)C)C(=O)C(C)(C)C. The maximum atomic E-state index is 11.7. The number of ether oxygens (including phenoxy) is 1. The van der Waals surface area contributed by atoms with Crippen LogP contribution in [0, 0.1) is 5.41 Å². The standard InChI is InChI=1S/C11H22O2/c1-8(13-11(5,6)7)9(12)10(2,3)4/h8H,1-7H3/t8-/m0/s1. The summed E-state index contributed by atoms with van der Waals surface area (Å²) in [6, 6.07) is 0. The van der Waals surface area contributed by atoms with Crippen molar-refractivity contribution in [1.29, 1.82) is 0 Å².